The summed E-state index contributed by atoms with van der Waals surface area (Å²) in [5, 5.41) is 13.3. The molecule has 1 aliphatic carbocycles. The second-order valence-corrected chi connectivity index (χ2v) is 8.42. The number of quaternary nitrogens is 1. The van der Waals surface area contributed by atoms with Gasteiger partial charge in [-0.15, -0.1) is 0 Å². The first-order valence-electron chi connectivity index (χ1n) is 12.0. The standard InChI is InChI=1S/C26H34N6O3/c1-6-9-23(28-18(5)31-32(34)20-11-12-20)21(7-2)26(33)30-22-13-10-19(14-17(22)4)24-15-27-16-25(29-24)35-8-3/h6,9-10,13-16,20-21,31,34H,5,7-8,11-12H2,1-4H3,(H,30,33)/p+1/b9-6-,28-23+. The predicted octanol–water partition coefficient (Wildman–Crippen LogP) is 3.24. The van der Waals surface area contributed by atoms with Gasteiger partial charge in [-0.1, -0.05) is 30.8 Å². The Labute approximate surface area is 206 Å². The van der Waals surface area contributed by atoms with Gasteiger partial charge in [-0.3, -0.25) is 9.78 Å². The molecule has 3 rings (SSSR count). The fraction of sp³-hybridized carbons (Fsp3) is 0.385. The van der Waals surface area contributed by atoms with Crippen molar-refractivity contribution in [3.8, 4) is 17.1 Å². The number of ether oxygens (including phenoxy) is 1. The molecule has 1 amide bonds. The van der Waals surface area contributed by atoms with Gasteiger partial charge in [0.25, 0.3) is 0 Å². The SMILES string of the molecule is C=C(/N=C(\C=C/C)C(CC)C(=O)Nc1ccc(-c2cncc(OCC)n2)cc1C)N[NH+](O)C1CC1. The van der Waals surface area contributed by atoms with E-state index in [1.165, 1.54) is 0 Å². The van der Waals surface area contributed by atoms with Crippen molar-refractivity contribution >= 4 is 17.3 Å². The zero-order valence-corrected chi connectivity index (χ0v) is 20.8. The maximum absolute atomic E-state index is 13.2. The maximum atomic E-state index is 13.2. The Bertz CT molecular complexity index is 1110. The molecule has 0 saturated heterocycles. The smallest absolute Gasteiger partial charge is 0.233 e. The Morgan fingerprint density at radius 1 is 1.37 bits per heavy atom. The van der Waals surface area contributed by atoms with Gasteiger partial charge < -0.3 is 10.1 Å². The van der Waals surface area contributed by atoms with E-state index >= 15 is 0 Å². The number of aliphatic imine (C=N–C) groups is 1. The van der Waals surface area contributed by atoms with Crippen LogP contribution in [0.1, 0.15) is 45.6 Å². The van der Waals surface area contributed by atoms with Crippen LogP contribution in [0.4, 0.5) is 5.69 Å². The van der Waals surface area contributed by atoms with E-state index in [4.69, 9.17) is 4.74 Å². The van der Waals surface area contributed by atoms with E-state index in [1.54, 1.807) is 18.5 Å². The Kier molecular flexibility index (Phi) is 9.11. The lowest BCUT2D eigenvalue weighted by Gasteiger charge is -2.18. The van der Waals surface area contributed by atoms with Crippen LogP contribution in [0.2, 0.25) is 0 Å². The second-order valence-electron chi connectivity index (χ2n) is 8.42. The van der Waals surface area contributed by atoms with Crippen LogP contribution >= 0.6 is 0 Å². The van der Waals surface area contributed by atoms with Crippen molar-refractivity contribution in [3.05, 3.63) is 60.7 Å². The van der Waals surface area contributed by atoms with Gasteiger partial charge in [0.05, 0.1) is 36.3 Å². The fourth-order valence-electron chi connectivity index (χ4n) is 3.61. The summed E-state index contributed by atoms with van der Waals surface area (Å²) < 4.78 is 5.45. The van der Waals surface area contributed by atoms with E-state index in [0.717, 1.165) is 24.0 Å². The average Bonchev–Trinajstić information content (AvgIpc) is 3.67. The number of carbonyl (C=O) groups is 1. The van der Waals surface area contributed by atoms with E-state index in [1.807, 2.05) is 52.0 Å². The number of benzene rings is 1. The van der Waals surface area contributed by atoms with E-state index in [9.17, 15) is 10.0 Å². The number of aryl methyl sites for hydroxylation is 1. The van der Waals surface area contributed by atoms with E-state index in [0.29, 0.717) is 41.8 Å². The van der Waals surface area contributed by atoms with Gasteiger partial charge in [0.1, 0.15) is 6.04 Å². The molecule has 0 bridgehead atoms. The van der Waals surface area contributed by atoms with Crippen molar-refractivity contribution in [2.24, 2.45) is 10.9 Å². The molecule has 1 heterocycles. The predicted molar refractivity (Wildman–Crippen MR) is 136 cm³/mol. The molecule has 0 aliphatic heterocycles. The monoisotopic (exact) mass is 479 g/mol. The molecular formula is C26H35N6O3+. The first-order chi connectivity index (χ1) is 16.9. The zero-order chi connectivity index (χ0) is 25.4. The Balaban J connectivity index is 1.75. The molecule has 4 N–H and O–H groups in total. The van der Waals surface area contributed by atoms with Crippen molar-refractivity contribution in [1.29, 1.82) is 0 Å². The summed E-state index contributed by atoms with van der Waals surface area (Å²) in [6, 6.07) is 5.88. The van der Waals surface area contributed by atoms with Crippen molar-refractivity contribution in [2.45, 2.75) is 53.0 Å². The molecule has 186 valence electrons. The number of anilines is 1. The third kappa shape index (κ3) is 7.21. The van der Waals surface area contributed by atoms with Crippen LogP contribution in [0, 0.1) is 12.8 Å². The zero-order valence-electron chi connectivity index (χ0n) is 20.8. The summed E-state index contributed by atoms with van der Waals surface area (Å²) in [6.45, 7) is 12.0. The molecule has 2 aromatic rings. The molecule has 1 saturated carbocycles. The third-order valence-corrected chi connectivity index (χ3v) is 5.60. The third-order valence-electron chi connectivity index (χ3n) is 5.60. The van der Waals surface area contributed by atoms with Crippen LogP contribution in [-0.4, -0.2) is 39.4 Å². The highest BCUT2D eigenvalue weighted by molar-refractivity contribution is 6.13. The number of hydrogen-bond donors (Lipinski definition) is 4. The van der Waals surface area contributed by atoms with Gasteiger partial charge in [-0.25, -0.2) is 9.98 Å². The highest BCUT2D eigenvalue weighted by Crippen LogP contribution is 2.25. The number of hydrogen-bond acceptors (Lipinski definition) is 7. The normalized spacial score (nSPS) is 15.5. The summed E-state index contributed by atoms with van der Waals surface area (Å²) in [5.74, 6) is 0.132. The van der Waals surface area contributed by atoms with Gasteiger partial charge in [0.15, 0.2) is 5.82 Å². The minimum Gasteiger partial charge on any atom is -0.477 e. The summed E-state index contributed by atoms with van der Waals surface area (Å²) in [6.07, 6.45) is 9.37. The lowest BCUT2D eigenvalue weighted by molar-refractivity contribution is -1.13. The molecule has 2 unspecified atom stereocenters. The molecule has 9 nitrogen and oxygen atoms in total. The number of hydroxylamine groups is 1. The molecule has 0 radical (unpaired) electrons. The molecule has 1 aromatic heterocycles. The minimum atomic E-state index is -0.486. The Morgan fingerprint density at radius 2 is 2.14 bits per heavy atom. The highest BCUT2D eigenvalue weighted by atomic mass is 16.5. The van der Waals surface area contributed by atoms with Gasteiger partial charge in [0, 0.05) is 24.1 Å². The lowest BCUT2D eigenvalue weighted by Crippen LogP contribution is -3.17. The van der Waals surface area contributed by atoms with E-state index in [2.05, 4.69) is 32.3 Å². The molecule has 9 heteroatoms. The number of rotatable bonds is 12. The van der Waals surface area contributed by atoms with E-state index in [-0.39, 0.29) is 17.1 Å². The van der Waals surface area contributed by atoms with Gasteiger partial charge in [0.2, 0.25) is 11.8 Å². The maximum Gasteiger partial charge on any atom is 0.233 e. The average molecular weight is 480 g/mol. The Hall–Kier alpha value is -3.56. The molecule has 0 spiro atoms. The van der Waals surface area contributed by atoms with Crippen LogP contribution in [0.25, 0.3) is 11.3 Å². The highest BCUT2D eigenvalue weighted by Gasteiger charge is 2.34. The molecule has 2 atom stereocenters. The largest absolute Gasteiger partial charge is 0.477 e. The van der Waals surface area contributed by atoms with Crippen LogP contribution in [0.5, 0.6) is 5.88 Å². The first-order valence-corrected chi connectivity index (χ1v) is 12.0. The number of nitrogens with one attached hydrogen (secondary N) is 3. The summed E-state index contributed by atoms with van der Waals surface area (Å²) in [4.78, 5) is 26.4. The molecular weight excluding hydrogens is 444 g/mol. The van der Waals surface area contributed by atoms with Gasteiger partial charge in [-0.2, -0.15) is 10.6 Å². The van der Waals surface area contributed by atoms with Gasteiger partial charge in [-0.05, 0) is 51.0 Å². The van der Waals surface area contributed by atoms with Crippen LogP contribution < -0.4 is 20.7 Å². The topological polar surface area (TPSA) is 113 Å². The summed E-state index contributed by atoms with van der Waals surface area (Å²) in [7, 11) is 0. The van der Waals surface area contributed by atoms with Crippen molar-refractivity contribution in [2.75, 3.05) is 11.9 Å². The number of carbonyl (C=O) groups excluding carboxylic acids is 1. The van der Waals surface area contributed by atoms with Crippen LogP contribution in [-0.2, 0) is 4.79 Å². The molecule has 1 aromatic carbocycles. The van der Waals surface area contributed by atoms with Gasteiger partial charge >= 0.3 is 0 Å². The second kappa shape index (κ2) is 12.2. The molecule has 1 fully saturated rings. The minimum absolute atomic E-state index is 0.163. The number of aromatic nitrogens is 2. The molecule has 1 aliphatic rings. The number of amides is 1. The quantitative estimate of drug-likeness (QED) is 0.275. The van der Waals surface area contributed by atoms with Crippen LogP contribution in [0.3, 0.4) is 0 Å². The number of allylic oxidation sites excluding steroid dienone is 2. The van der Waals surface area contributed by atoms with E-state index < -0.39 is 5.92 Å². The lowest BCUT2D eigenvalue weighted by atomic mass is 9.98. The molecule has 35 heavy (non-hydrogen) atoms. The summed E-state index contributed by atoms with van der Waals surface area (Å²) in [5.41, 5.74) is 6.61. The Morgan fingerprint density at radius 3 is 2.77 bits per heavy atom. The van der Waals surface area contributed by atoms with Crippen molar-refractivity contribution in [3.63, 3.8) is 0 Å². The number of nitrogens with zero attached hydrogens (tertiary/aromatic N) is 3. The van der Waals surface area contributed by atoms with Crippen molar-refractivity contribution < 1.29 is 19.9 Å². The van der Waals surface area contributed by atoms with Crippen LogP contribution in [0.15, 0.2) is 60.1 Å². The van der Waals surface area contributed by atoms with Crippen molar-refractivity contribution in [1.82, 2.24) is 15.4 Å². The summed E-state index contributed by atoms with van der Waals surface area (Å²) >= 11 is 0. The first kappa shape index (κ1) is 26.1. The fourth-order valence-corrected chi connectivity index (χ4v) is 3.61.